The first-order valence-corrected chi connectivity index (χ1v) is 13.2. The third-order valence-corrected chi connectivity index (χ3v) is 8.33. The van der Waals surface area contributed by atoms with Crippen LogP contribution in [-0.2, 0) is 16.4 Å². The molecule has 6 nitrogen and oxygen atoms in total. The molecular weight excluding hydrogens is 454 g/mol. The maximum atomic E-state index is 13.5. The normalized spacial score (nSPS) is 15.1. The minimum atomic E-state index is -3.82. The van der Waals surface area contributed by atoms with Crippen molar-refractivity contribution in [2.45, 2.75) is 23.4 Å². The number of sulfone groups is 1. The van der Waals surface area contributed by atoms with E-state index in [1.807, 2.05) is 35.4 Å². The molecule has 170 valence electrons. The largest absolute Gasteiger partial charge is 0.418 e. The number of nitrogens with zero attached hydrogens (tertiary/aromatic N) is 3. The molecule has 0 N–H and O–H groups in total. The van der Waals surface area contributed by atoms with Gasteiger partial charge in [-0.2, -0.15) is 4.98 Å². The van der Waals surface area contributed by atoms with Crippen LogP contribution in [0.5, 0.6) is 0 Å². The Morgan fingerprint density at radius 3 is 2.33 bits per heavy atom. The second-order valence-electron chi connectivity index (χ2n) is 8.17. The third-order valence-electron chi connectivity index (χ3n) is 5.81. The van der Waals surface area contributed by atoms with E-state index in [1.54, 1.807) is 24.3 Å². The lowest BCUT2D eigenvalue weighted by molar-refractivity contribution is 0.245. The summed E-state index contributed by atoms with van der Waals surface area (Å²) in [6.07, 6.45) is 0. The molecule has 5 rings (SSSR count). The zero-order valence-electron chi connectivity index (χ0n) is 18.3. The van der Waals surface area contributed by atoms with E-state index in [-0.39, 0.29) is 9.92 Å². The number of rotatable bonds is 6. The fraction of sp³-hybridized carbons (Fsp3) is 0.240. The Bertz CT molecular complexity index is 1310. The van der Waals surface area contributed by atoms with E-state index in [0.29, 0.717) is 24.9 Å². The average Bonchev–Trinajstić information content (AvgIpc) is 3.51. The highest BCUT2D eigenvalue weighted by atomic mass is 32.2. The van der Waals surface area contributed by atoms with E-state index in [9.17, 15) is 8.42 Å². The van der Waals surface area contributed by atoms with E-state index in [0.717, 1.165) is 30.1 Å². The van der Waals surface area contributed by atoms with Crippen LogP contribution in [0, 0.1) is 6.92 Å². The molecule has 0 radical (unpaired) electrons. The summed E-state index contributed by atoms with van der Waals surface area (Å²) in [7, 11) is -3.82. The van der Waals surface area contributed by atoms with Gasteiger partial charge in [-0.25, -0.2) is 8.42 Å². The molecule has 0 spiro atoms. The fourth-order valence-corrected chi connectivity index (χ4v) is 5.93. The lowest BCUT2D eigenvalue weighted by atomic mass is 10.2. The molecule has 4 aromatic rings. The van der Waals surface area contributed by atoms with Gasteiger partial charge < -0.3 is 9.32 Å². The van der Waals surface area contributed by atoms with Gasteiger partial charge in [-0.15, -0.1) is 11.3 Å². The number of oxazole rings is 1. The van der Waals surface area contributed by atoms with Crippen LogP contribution >= 0.6 is 11.3 Å². The van der Waals surface area contributed by atoms with E-state index in [1.165, 1.54) is 16.9 Å². The highest BCUT2D eigenvalue weighted by Crippen LogP contribution is 2.36. The lowest BCUT2D eigenvalue weighted by Crippen LogP contribution is -2.46. The zero-order chi connectivity index (χ0) is 22.8. The summed E-state index contributed by atoms with van der Waals surface area (Å²) < 4.78 is 33.2. The van der Waals surface area contributed by atoms with Crippen LogP contribution in [0.4, 0.5) is 5.88 Å². The molecular formula is C25H25N3O3S2. The van der Waals surface area contributed by atoms with Gasteiger partial charge in [0.05, 0.1) is 9.77 Å². The van der Waals surface area contributed by atoms with Gasteiger partial charge in [-0.3, -0.25) is 4.90 Å². The number of thiophene rings is 1. The van der Waals surface area contributed by atoms with Crippen LogP contribution in [0.1, 0.15) is 11.1 Å². The van der Waals surface area contributed by atoms with E-state index >= 15 is 0 Å². The first kappa shape index (κ1) is 21.9. The van der Waals surface area contributed by atoms with Gasteiger partial charge in [0.15, 0.2) is 0 Å². The Labute approximate surface area is 198 Å². The molecule has 0 atom stereocenters. The topological polar surface area (TPSA) is 66.7 Å². The molecule has 3 heterocycles. The van der Waals surface area contributed by atoms with Crippen molar-refractivity contribution in [2.24, 2.45) is 0 Å². The summed E-state index contributed by atoms with van der Waals surface area (Å²) in [5.74, 6) is 0.677. The number of piperazine rings is 1. The molecule has 2 aromatic heterocycles. The van der Waals surface area contributed by atoms with Crippen molar-refractivity contribution in [1.29, 1.82) is 0 Å². The monoisotopic (exact) mass is 479 g/mol. The van der Waals surface area contributed by atoms with Crippen molar-refractivity contribution in [3.8, 4) is 10.8 Å². The molecule has 1 fully saturated rings. The van der Waals surface area contributed by atoms with Gasteiger partial charge in [-0.1, -0.05) is 54.1 Å². The molecule has 0 unspecified atom stereocenters. The maximum Gasteiger partial charge on any atom is 0.240 e. The van der Waals surface area contributed by atoms with Gasteiger partial charge >= 0.3 is 0 Å². The first-order chi connectivity index (χ1) is 16.0. The number of benzene rings is 2. The summed E-state index contributed by atoms with van der Waals surface area (Å²) in [5.41, 5.74) is 2.27. The highest BCUT2D eigenvalue weighted by molar-refractivity contribution is 7.91. The minimum Gasteiger partial charge on any atom is -0.418 e. The zero-order valence-corrected chi connectivity index (χ0v) is 20.0. The Kier molecular flexibility index (Phi) is 6.05. The predicted octanol–water partition coefficient (Wildman–Crippen LogP) is 4.87. The Balaban J connectivity index is 1.44. The van der Waals surface area contributed by atoms with Crippen LogP contribution in [0.2, 0.25) is 0 Å². The predicted molar refractivity (Wildman–Crippen MR) is 130 cm³/mol. The van der Waals surface area contributed by atoms with Gasteiger partial charge in [0.2, 0.25) is 26.6 Å². The van der Waals surface area contributed by atoms with E-state index < -0.39 is 9.84 Å². The molecule has 33 heavy (non-hydrogen) atoms. The Hall–Kier alpha value is -2.94. The highest BCUT2D eigenvalue weighted by Gasteiger charge is 2.33. The number of anilines is 1. The number of hydrogen-bond acceptors (Lipinski definition) is 7. The first-order valence-electron chi connectivity index (χ1n) is 10.9. The third kappa shape index (κ3) is 4.59. The SMILES string of the molecule is Cc1ccc(S(=O)(=O)c2nc(-c3cccs3)oc2N2CCN(Cc3ccccc3)CC2)cc1. The maximum absolute atomic E-state index is 13.5. The average molecular weight is 480 g/mol. The number of hydrogen-bond donors (Lipinski definition) is 0. The molecule has 8 heteroatoms. The quantitative estimate of drug-likeness (QED) is 0.393. The smallest absolute Gasteiger partial charge is 0.240 e. The molecule has 0 amide bonds. The molecule has 0 saturated carbocycles. The Morgan fingerprint density at radius 2 is 1.67 bits per heavy atom. The van der Waals surface area contributed by atoms with Crippen molar-refractivity contribution in [3.63, 3.8) is 0 Å². The van der Waals surface area contributed by atoms with Gasteiger partial charge in [-0.05, 0) is 36.1 Å². The van der Waals surface area contributed by atoms with Crippen LogP contribution in [-0.4, -0.2) is 44.5 Å². The van der Waals surface area contributed by atoms with Crippen LogP contribution in [0.15, 0.2) is 86.4 Å². The number of aromatic nitrogens is 1. The molecule has 1 aliphatic rings. The second kappa shape index (κ2) is 9.13. The molecule has 1 saturated heterocycles. The van der Waals surface area contributed by atoms with Gasteiger partial charge in [0, 0.05) is 32.7 Å². The van der Waals surface area contributed by atoms with Crippen molar-refractivity contribution in [1.82, 2.24) is 9.88 Å². The summed E-state index contributed by atoms with van der Waals surface area (Å²) >= 11 is 1.48. The summed E-state index contributed by atoms with van der Waals surface area (Å²) in [6.45, 7) is 5.77. The standard InChI is InChI=1S/C25H25N3O3S2/c1-19-9-11-21(12-10-19)33(29,30)24-25(31-23(26-24)22-8-5-17-32-22)28-15-13-27(14-16-28)18-20-6-3-2-4-7-20/h2-12,17H,13-16,18H2,1H3. The van der Waals surface area contributed by atoms with Crippen LogP contribution < -0.4 is 4.90 Å². The molecule has 0 aliphatic carbocycles. The summed E-state index contributed by atoms with van der Waals surface area (Å²) in [5, 5.41) is 1.92. The summed E-state index contributed by atoms with van der Waals surface area (Å²) in [6, 6.07) is 21.0. The van der Waals surface area contributed by atoms with Crippen LogP contribution in [0.3, 0.4) is 0 Å². The van der Waals surface area contributed by atoms with Crippen molar-refractivity contribution in [2.75, 3.05) is 31.1 Å². The van der Waals surface area contributed by atoms with Crippen LogP contribution in [0.25, 0.3) is 10.8 Å². The summed E-state index contributed by atoms with van der Waals surface area (Å²) in [4.78, 5) is 9.90. The van der Waals surface area contributed by atoms with Gasteiger partial charge in [0.1, 0.15) is 0 Å². The van der Waals surface area contributed by atoms with Crippen molar-refractivity contribution in [3.05, 3.63) is 83.2 Å². The van der Waals surface area contributed by atoms with Crippen molar-refractivity contribution < 1.29 is 12.8 Å². The van der Waals surface area contributed by atoms with E-state index in [4.69, 9.17) is 4.42 Å². The minimum absolute atomic E-state index is 0.00809. The lowest BCUT2D eigenvalue weighted by Gasteiger charge is -2.34. The molecule has 2 aromatic carbocycles. The second-order valence-corrected chi connectivity index (χ2v) is 11.0. The van der Waals surface area contributed by atoms with Gasteiger partial charge in [0.25, 0.3) is 0 Å². The molecule has 1 aliphatic heterocycles. The van der Waals surface area contributed by atoms with E-state index in [2.05, 4.69) is 34.1 Å². The molecule has 0 bridgehead atoms. The fourth-order valence-electron chi connectivity index (χ4n) is 3.96. The van der Waals surface area contributed by atoms with Crippen molar-refractivity contribution >= 4 is 27.1 Å². The Morgan fingerprint density at radius 1 is 0.939 bits per heavy atom. The number of aryl methyl sites for hydroxylation is 1.